The molecule has 1 aromatic carbocycles. The number of carbonyl (C=O) groups is 1. The predicted octanol–water partition coefficient (Wildman–Crippen LogP) is 3.21. The molecule has 0 bridgehead atoms. The van der Waals surface area contributed by atoms with Gasteiger partial charge >= 0.3 is 0 Å². The number of hydrogen-bond acceptors (Lipinski definition) is 4. The second-order valence-corrected chi connectivity index (χ2v) is 5.29. The van der Waals surface area contributed by atoms with Crippen LogP contribution in [0.4, 0.5) is 0 Å². The molecular formula is C15H21BrO4. The van der Waals surface area contributed by atoms with Gasteiger partial charge in [0.25, 0.3) is 0 Å². The van der Waals surface area contributed by atoms with Gasteiger partial charge in [0.2, 0.25) is 0 Å². The molecule has 1 N–H and O–H groups in total. The van der Waals surface area contributed by atoms with Crippen molar-refractivity contribution in [2.24, 2.45) is 0 Å². The van der Waals surface area contributed by atoms with Crippen molar-refractivity contribution in [2.75, 3.05) is 19.8 Å². The Morgan fingerprint density at radius 1 is 1.40 bits per heavy atom. The Kier molecular flexibility index (Phi) is 8.49. The molecular weight excluding hydrogens is 324 g/mol. The van der Waals surface area contributed by atoms with Crippen LogP contribution >= 0.6 is 15.9 Å². The number of ether oxygens (including phenoxy) is 2. The number of unbranched alkanes of at least 4 members (excludes halogenated alkanes) is 1. The van der Waals surface area contributed by atoms with Gasteiger partial charge in [-0.1, -0.05) is 25.5 Å². The molecule has 5 heteroatoms. The predicted molar refractivity (Wildman–Crippen MR) is 81.4 cm³/mol. The fourth-order valence-electron chi connectivity index (χ4n) is 1.57. The lowest BCUT2D eigenvalue weighted by molar-refractivity contribution is 0.0543. The van der Waals surface area contributed by atoms with Crippen LogP contribution in [-0.2, 0) is 4.74 Å². The molecule has 0 heterocycles. The number of aliphatic hydroxyl groups is 1. The Balaban J connectivity index is 2.30. The molecule has 1 unspecified atom stereocenters. The van der Waals surface area contributed by atoms with Gasteiger partial charge < -0.3 is 14.6 Å². The number of benzene rings is 1. The van der Waals surface area contributed by atoms with E-state index >= 15 is 0 Å². The second-order valence-electron chi connectivity index (χ2n) is 4.50. The van der Waals surface area contributed by atoms with Crippen LogP contribution in [0.25, 0.3) is 0 Å². The van der Waals surface area contributed by atoms with Crippen LogP contribution in [0.5, 0.6) is 5.75 Å². The summed E-state index contributed by atoms with van der Waals surface area (Å²) in [4.78, 5) is 10.8. The number of aldehydes is 1. The lowest BCUT2D eigenvalue weighted by atomic mass is 10.2. The van der Waals surface area contributed by atoms with Gasteiger partial charge in [0.1, 0.15) is 12.4 Å². The molecule has 0 fully saturated rings. The highest BCUT2D eigenvalue weighted by Crippen LogP contribution is 2.27. The highest BCUT2D eigenvalue weighted by Gasteiger charge is 2.09. The zero-order valence-corrected chi connectivity index (χ0v) is 13.3. The summed E-state index contributed by atoms with van der Waals surface area (Å²) in [6, 6.07) is 5.19. The SMILES string of the molecule is CCCCOCCC(O)COc1cccc(C=O)c1Br. The Labute approximate surface area is 128 Å². The van der Waals surface area contributed by atoms with Gasteiger partial charge in [0, 0.05) is 18.8 Å². The van der Waals surface area contributed by atoms with Gasteiger partial charge in [0.15, 0.2) is 6.29 Å². The Morgan fingerprint density at radius 2 is 2.20 bits per heavy atom. The van der Waals surface area contributed by atoms with E-state index in [9.17, 15) is 9.90 Å². The van der Waals surface area contributed by atoms with E-state index < -0.39 is 6.10 Å². The molecule has 0 aliphatic rings. The summed E-state index contributed by atoms with van der Waals surface area (Å²) in [6.45, 7) is 3.55. The van der Waals surface area contributed by atoms with Crippen molar-refractivity contribution < 1.29 is 19.4 Å². The number of hydrogen-bond donors (Lipinski definition) is 1. The average molecular weight is 345 g/mol. The highest BCUT2D eigenvalue weighted by atomic mass is 79.9. The zero-order chi connectivity index (χ0) is 14.8. The number of carbonyl (C=O) groups excluding carboxylic acids is 1. The third-order valence-corrected chi connectivity index (χ3v) is 3.64. The van der Waals surface area contributed by atoms with E-state index in [0.717, 1.165) is 25.7 Å². The van der Waals surface area contributed by atoms with Gasteiger partial charge in [-0.25, -0.2) is 0 Å². The largest absolute Gasteiger partial charge is 0.490 e. The molecule has 0 saturated heterocycles. The van der Waals surface area contributed by atoms with Crippen molar-refractivity contribution >= 4 is 22.2 Å². The van der Waals surface area contributed by atoms with E-state index in [4.69, 9.17) is 9.47 Å². The number of aliphatic hydroxyl groups excluding tert-OH is 1. The third kappa shape index (κ3) is 6.03. The molecule has 20 heavy (non-hydrogen) atoms. The van der Waals surface area contributed by atoms with Crippen LogP contribution in [0.2, 0.25) is 0 Å². The van der Waals surface area contributed by atoms with Crippen LogP contribution in [-0.4, -0.2) is 37.3 Å². The molecule has 1 rings (SSSR count). The van der Waals surface area contributed by atoms with Crippen molar-refractivity contribution in [2.45, 2.75) is 32.3 Å². The summed E-state index contributed by atoms with van der Waals surface area (Å²) >= 11 is 3.31. The Morgan fingerprint density at radius 3 is 2.90 bits per heavy atom. The maximum absolute atomic E-state index is 10.8. The van der Waals surface area contributed by atoms with Crippen LogP contribution in [0.3, 0.4) is 0 Å². The highest BCUT2D eigenvalue weighted by molar-refractivity contribution is 9.10. The fraction of sp³-hybridized carbons (Fsp3) is 0.533. The van der Waals surface area contributed by atoms with E-state index in [1.54, 1.807) is 18.2 Å². The quantitative estimate of drug-likeness (QED) is 0.523. The molecule has 0 radical (unpaired) electrons. The first-order valence-corrected chi connectivity index (χ1v) is 7.60. The number of rotatable bonds is 10. The maximum Gasteiger partial charge on any atom is 0.151 e. The minimum atomic E-state index is -0.580. The fourth-order valence-corrected chi connectivity index (χ4v) is 2.04. The first-order chi connectivity index (χ1) is 9.69. The van der Waals surface area contributed by atoms with Crippen molar-refractivity contribution in [1.82, 2.24) is 0 Å². The zero-order valence-electron chi connectivity index (χ0n) is 11.7. The smallest absolute Gasteiger partial charge is 0.151 e. The molecule has 0 spiro atoms. The molecule has 0 amide bonds. The Hall–Kier alpha value is -0.910. The average Bonchev–Trinajstić information content (AvgIpc) is 2.46. The number of halogens is 1. The van der Waals surface area contributed by atoms with E-state index in [-0.39, 0.29) is 6.61 Å². The minimum absolute atomic E-state index is 0.179. The van der Waals surface area contributed by atoms with Crippen LogP contribution in [0.1, 0.15) is 36.5 Å². The van der Waals surface area contributed by atoms with E-state index in [1.165, 1.54) is 0 Å². The summed E-state index contributed by atoms with van der Waals surface area (Å²) < 4.78 is 11.5. The monoisotopic (exact) mass is 344 g/mol. The lowest BCUT2D eigenvalue weighted by Gasteiger charge is -2.14. The second kappa shape index (κ2) is 9.91. The molecule has 4 nitrogen and oxygen atoms in total. The maximum atomic E-state index is 10.8. The first kappa shape index (κ1) is 17.1. The van der Waals surface area contributed by atoms with Crippen LogP contribution in [0, 0.1) is 0 Å². The van der Waals surface area contributed by atoms with Crippen LogP contribution in [0.15, 0.2) is 22.7 Å². The van der Waals surface area contributed by atoms with Crippen molar-refractivity contribution in [1.29, 1.82) is 0 Å². The molecule has 1 aromatic rings. The van der Waals surface area contributed by atoms with Gasteiger partial charge in [-0.15, -0.1) is 0 Å². The van der Waals surface area contributed by atoms with Crippen LogP contribution < -0.4 is 4.74 Å². The normalized spacial score (nSPS) is 12.2. The van der Waals surface area contributed by atoms with Gasteiger partial charge in [-0.2, -0.15) is 0 Å². The molecule has 0 aliphatic carbocycles. The van der Waals surface area contributed by atoms with Gasteiger partial charge in [-0.05, 0) is 34.8 Å². The molecule has 0 aliphatic heterocycles. The topological polar surface area (TPSA) is 55.8 Å². The van der Waals surface area contributed by atoms with E-state index in [2.05, 4.69) is 22.9 Å². The minimum Gasteiger partial charge on any atom is -0.490 e. The lowest BCUT2D eigenvalue weighted by Crippen LogP contribution is -2.20. The first-order valence-electron chi connectivity index (χ1n) is 6.81. The molecule has 1 atom stereocenters. The van der Waals surface area contributed by atoms with Gasteiger partial charge in [-0.3, -0.25) is 4.79 Å². The summed E-state index contributed by atoms with van der Waals surface area (Å²) in [5.41, 5.74) is 0.528. The van der Waals surface area contributed by atoms with Crippen molar-refractivity contribution in [3.8, 4) is 5.75 Å². The molecule has 112 valence electrons. The third-order valence-electron chi connectivity index (χ3n) is 2.79. The van der Waals surface area contributed by atoms with Crippen molar-refractivity contribution in [3.63, 3.8) is 0 Å². The molecule has 0 saturated carbocycles. The Bertz CT molecular complexity index is 409. The summed E-state index contributed by atoms with van der Waals surface area (Å²) in [7, 11) is 0. The summed E-state index contributed by atoms with van der Waals surface area (Å²) in [5, 5.41) is 9.79. The van der Waals surface area contributed by atoms with E-state index in [1.807, 2.05) is 0 Å². The molecule has 0 aromatic heterocycles. The summed E-state index contributed by atoms with van der Waals surface area (Å²) in [5.74, 6) is 0.556. The van der Waals surface area contributed by atoms with E-state index in [0.29, 0.717) is 28.8 Å². The van der Waals surface area contributed by atoms with Gasteiger partial charge in [0.05, 0.1) is 10.6 Å². The summed E-state index contributed by atoms with van der Waals surface area (Å²) in [6.07, 6.45) is 2.86. The standard InChI is InChI=1S/C15H21BrO4/c1-2-3-8-19-9-7-13(18)11-20-14-6-4-5-12(10-17)15(14)16/h4-6,10,13,18H,2-3,7-9,11H2,1H3. The van der Waals surface area contributed by atoms with Crippen molar-refractivity contribution in [3.05, 3.63) is 28.2 Å².